The van der Waals surface area contributed by atoms with Crippen molar-refractivity contribution < 1.29 is 9.53 Å². The van der Waals surface area contributed by atoms with Gasteiger partial charge in [0.2, 0.25) is 0 Å². The van der Waals surface area contributed by atoms with E-state index in [1.807, 2.05) is 53.4 Å². The van der Waals surface area contributed by atoms with Crippen LogP contribution in [0.5, 0.6) is 5.75 Å². The summed E-state index contributed by atoms with van der Waals surface area (Å²) >= 11 is 7.84. The highest BCUT2D eigenvalue weighted by atomic mass is 35.5. The molecule has 0 saturated carbocycles. The minimum atomic E-state index is -0.0529. The molecular weight excluding hydrogens is 378 g/mol. The lowest BCUT2D eigenvalue weighted by molar-refractivity contribution is -0.136. The molecule has 0 aliphatic rings. The maximum atomic E-state index is 13.0. The van der Waals surface area contributed by atoms with Crippen LogP contribution in [0.4, 0.5) is 0 Å². The van der Waals surface area contributed by atoms with E-state index in [0.29, 0.717) is 17.3 Å². The Morgan fingerprint density at radius 1 is 1.07 bits per heavy atom. The number of rotatable bonds is 8. The summed E-state index contributed by atoms with van der Waals surface area (Å²) in [5.74, 6) is 0.473. The molecule has 1 aromatic heterocycles. The number of benzene rings is 2. The number of thiophene rings is 1. The molecule has 0 saturated heterocycles. The molecule has 0 radical (unpaired) electrons. The van der Waals surface area contributed by atoms with Crippen LogP contribution >= 0.6 is 22.9 Å². The fourth-order valence-electron chi connectivity index (χ4n) is 2.88. The van der Waals surface area contributed by atoms with Gasteiger partial charge < -0.3 is 9.64 Å². The zero-order valence-corrected chi connectivity index (χ0v) is 16.7. The van der Waals surface area contributed by atoms with Crippen LogP contribution in [0.3, 0.4) is 0 Å². The third-order valence-corrected chi connectivity index (χ3v) is 5.52. The molecule has 0 aliphatic heterocycles. The Kier molecular flexibility index (Phi) is 6.91. The normalized spacial score (nSPS) is 11.8. The van der Waals surface area contributed by atoms with Gasteiger partial charge in [0.15, 0.2) is 6.61 Å². The standard InChI is InChI=1S/C22H22ClNO2S/c1-17(14-19-10-7-13-27-19)24(15-18-8-3-2-4-9-18)22(25)16-26-21-12-6-5-11-20(21)23/h2-13,17H,14-16H2,1H3/t17-/m0/s1. The molecule has 0 fully saturated rings. The second kappa shape index (κ2) is 9.58. The summed E-state index contributed by atoms with van der Waals surface area (Å²) in [6, 6.07) is 21.4. The van der Waals surface area contributed by atoms with E-state index in [1.165, 1.54) is 4.88 Å². The Morgan fingerprint density at radius 2 is 1.81 bits per heavy atom. The SMILES string of the molecule is C[C@@H](Cc1cccs1)N(Cc1ccccc1)C(=O)COc1ccccc1Cl. The Balaban J connectivity index is 1.71. The number of carbonyl (C=O) groups is 1. The number of para-hydroxylation sites is 1. The summed E-state index contributed by atoms with van der Waals surface area (Å²) in [6.07, 6.45) is 0.822. The minimum Gasteiger partial charge on any atom is -0.482 e. The predicted octanol–water partition coefficient (Wildman–Crippen LogP) is 5.44. The number of halogens is 1. The van der Waals surface area contributed by atoms with Gasteiger partial charge in [-0.25, -0.2) is 0 Å². The van der Waals surface area contributed by atoms with Crippen molar-refractivity contribution in [2.75, 3.05) is 6.61 Å². The molecule has 27 heavy (non-hydrogen) atoms. The highest BCUT2D eigenvalue weighted by Crippen LogP contribution is 2.23. The second-order valence-corrected chi connectivity index (χ2v) is 7.80. The Morgan fingerprint density at radius 3 is 2.52 bits per heavy atom. The van der Waals surface area contributed by atoms with Gasteiger partial charge in [-0.05, 0) is 36.1 Å². The van der Waals surface area contributed by atoms with Crippen LogP contribution in [0.15, 0.2) is 72.1 Å². The average molecular weight is 400 g/mol. The van der Waals surface area contributed by atoms with E-state index in [9.17, 15) is 4.79 Å². The molecule has 3 aromatic rings. The summed E-state index contributed by atoms with van der Waals surface area (Å²) in [5.41, 5.74) is 1.10. The summed E-state index contributed by atoms with van der Waals surface area (Å²) in [7, 11) is 0. The van der Waals surface area contributed by atoms with Crippen LogP contribution in [-0.4, -0.2) is 23.5 Å². The van der Waals surface area contributed by atoms with Gasteiger partial charge in [0, 0.05) is 23.9 Å². The number of hydrogen-bond acceptors (Lipinski definition) is 3. The largest absolute Gasteiger partial charge is 0.482 e. The summed E-state index contributed by atoms with van der Waals surface area (Å²) in [6.45, 7) is 2.60. The number of hydrogen-bond donors (Lipinski definition) is 0. The van der Waals surface area contributed by atoms with Crippen molar-refractivity contribution in [3.63, 3.8) is 0 Å². The smallest absolute Gasteiger partial charge is 0.261 e. The van der Waals surface area contributed by atoms with Crippen LogP contribution in [0, 0.1) is 0 Å². The van der Waals surface area contributed by atoms with Crippen molar-refractivity contribution >= 4 is 28.8 Å². The number of nitrogens with zero attached hydrogens (tertiary/aromatic N) is 1. The van der Waals surface area contributed by atoms with Gasteiger partial charge in [-0.3, -0.25) is 4.79 Å². The van der Waals surface area contributed by atoms with Crippen LogP contribution in [0.2, 0.25) is 5.02 Å². The van der Waals surface area contributed by atoms with Gasteiger partial charge in [-0.15, -0.1) is 11.3 Å². The van der Waals surface area contributed by atoms with Gasteiger partial charge in [-0.1, -0.05) is 60.1 Å². The first-order valence-electron chi connectivity index (χ1n) is 8.86. The van der Waals surface area contributed by atoms with E-state index in [0.717, 1.165) is 12.0 Å². The lowest BCUT2D eigenvalue weighted by Gasteiger charge is -2.29. The Bertz CT molecular complexity index is 852. The lowest BCUT2D eigenvalue weighted by Crippen LogP contribution is -2.41. The van der Waals surface area contributed by atoms with Crippen molar-refractivity contribution in [1.82, 2.24) is 4.90 Å². The van der Waals surface area contributed by atoms with Gasteiger partial charge in [0.25, 0.3) is 5.91 Å². The van der Waals surface area contributed by atoms with Crippen LogP contribution < -0.4 is 4.74 Å². The van der Waals surface area contributed by atoms with Gasteiger partial charge in [0.1, 0.15) is 5.75 Å². The Labute approximate surface area is 169 Å². The third-order valence-electron chi connectivity index (χ3n) is 4.31. The van der Waals surface area contributed by atoms with E-state index in [4.69, 9.17) is 16.3 Å². The lowest BCUT2D eigenvalue weighted by atomic mass is 10.1. The van der Waals surface area contributed by atoms with E-state index in [2.05, 4.69) is 18.4 Å². The molecule has 1 atom stereocenters. The zero-order valence-electron chi connectivity index (χ0n) is 15.2. The molecule has 140 valence electrons. The van der Waals surface area contributed by atoms with E-state index in [1.54, 1.807) is 23.5 Å². The van der Waals surface area contributed by atoms with E-state index >= 15 is 0 Å². The molecular formula is C22H22ClNO2S. The van der Waals surface area contributed by atoms with Crippen LogP contribution in [-0.2, 0) is 17.8 Å². The summed E-state index contributed by atoms with van der Waals surface area (Å²) in [4.78, 5) is 16.1. The topological polar surface area (TPSA) is 29.5 Å². The fourth-order valence-corrected chi connectivity index (χ4v) is 3.90. The highest BCUT2D eigenvalue weighted by Gasteiger charge is 2.22. The molecule has 1 heterocycles. The third kappa shape index (κ3) is 5.59. The molecule has 5 heteroatoms. The maximum absolute atomic E-state index is 13.0. The van der Waals surface area contributed by atoms with Crippen molar-refractivity contribution in [2.45, 2.75) is 25.9 Å². The summed E-state index contributed by atoms with van der Waals surface area (Å²) in [5, 5.41) is 2.57. The van der Waals surface area contributed by atoms with Crippen LogP contribution in [0.1, 0.15) is 17.4 Å². The molecule has 0 unspecified atom stereocenters. The number of carbonyl (C=O) groups excluding carboxylic acids is 1. The molecule has 0 spiro atoms. The molecule has 3 nitrogen and oxygen atoms in total. The average Bonchev–Trinajstić information content (AvgIpc) is 3.19. The van der Waals surface area contributed by atoms with E-state index < -0.39 is 0 Å². The van der Waals surface area contributed by atoms with Crippen molar-refractivity contribution in [1.29, 1.82) is 0 Å². The predicted molar refractivity (Wildman–Crippen MR) is 111 cm³/mol. The molecule has 1 amide bonds. The highest BCUT2D eigenvalue weighted by molar-refractivity contribution is 7.09. The maximum Gasteiger partial charge on any atom is 0.261 e. The molecule has 0 aliphatic carbocycles. The van der Waals surface area contributed by atoms with E-state index in [-0.39, 0.29) is 18.6 Å². The van der Waals surface area contributed by atoms with Crippen molar-refractivity contribution in [2.24, 2.45) is 0 Å². The van der Waals surface area contributed by atoms with Gasteiger partial charge >= 0.3 is 0 Å². The molecule has 0 N–H and O–H groups in total. The number of amides is 1. The van der Waals surface area contributed by atoms with Crippen LogP contribution in [0.25, 0.3) is 0 Å². The Hall–Kier alpha value is -2.30. The molecule has 0 bridgehead atoms. The first kappa shape index (κ1) is 19.5. The first-order chi connectivity index (χ1) is 13.1. The second-order valence-electron chi connectivity index (χ2n) is 6.36. The minimum absolute atomic E-state index is 0.0364. The fraction of sp³-hybridized carbons (Fsp3) is 0.227. The van der Waals surface area contributed by atoms with Gasteiger partial charge in [0.05, 0.1) is 5.02 Å². The van der Waals surface area contributed by atoms with Crippen molar-refractivity contribution in [3.8, 4) is 5.75 Å². The zero-order chi connectivity index (χ0) is 19.1. The molecule has 2 aromatic carbocycles. The quantitative estimate of drug-likeness (QED) is 0.504. The monoisotopic (exact) mass is 399 g/mol. The first-order valence-corrected chi connectivity index (χ1v) is 10.1. The number of ether oxygens (including phenoxy) is 1. The molecule has 3 rings (SSSR count). The summed E-state index contributed by atoms with van der Waals surface area (Å²) < 4.78 is 5.68. The van der Waals surface area contributed by atoms with Crippen molar-refractivity contribution in [3.05, 3.63) is 87.6 Å². The van der Waals surface area contributed by atoms with Gasteiger partial charge in [-0.2, -0.15) is 0 Å².